The van der Waals surface area contributed by atoms with Crippen LogP contribution in [-0.4, -0.2) is 19.1 Å². The molecule has 1 aromatic rings. The lowest BCUT2D eigenvalue weighted by atomic mass is 9.98. The zero-order chi connectivity index (χ0) is 12.4. The predicted molar refractivity (Wildman–Crippen MR) is 57.9 cm³/mol. The zero-order valence-electron chi connectivity index (χ0n) is 8.95. The molecule has 2 rings (SSSR count). The third-order valence-electron chi connectivity index (χ3n) is 2.70. The molecule has 1 amide bonds. The fraction of sp³-hybridized carbons (Fsp3) is 0.364. The molecule has 1 fully saturated rings. The number of amides is 1. The Morgan fingerprint density at radius 3 is 2.82 bits per heavy atom. The number of carbonyl (C=O) groups excluding carboxylic acids is 1. The van der Waals surface area contributed by atoms with E-state index in [-0.39, 0.29) is 23.3 Å². The minimum Gasteiger partial charge on any atom is -0.433 e. The average Bonchev–Trinajstić information content (AvgIpc) is 2.67. The largest absolute Gasteiger partial charge is 0.433 e. The summed E-state index contributed by atoms with van der Waals surface area (Å²) in [6, 6.07) is 4.70. The second kappa shape index (κ2) is 4.57. The van der Waals surface area contributed by atoms with Crippen molar-refractivity contribution in [3.63, 3.8) is 0 Å². The number of alkyl halides is 2. The number of hydrogen-bond donors (Lipinski definition) is 2. The summed E-state index contributed by atoms with van der Waals surface area (Å²) < 4.78 is 28.6. The predicted octanol–water partition coefficient (Wildman–Crippen LogP) is 1.47. The van der Waals surface area contributed by atoms with E-state index in [2.05, 4.69) is 10.1 Å². The minimum atomic E-state index is -2.91. The molecule has 0 spiro atoms. The molecule has 0 radical (unpaired) electrons. The van der Waals surface area contributed by atoms with Crippen LogP contribution in [0.4, 0.5) is 14.5 Å². The van der Waals surface area contributed by atoms with Crippen LogP contribution in [0.25, 0.3) is 0 Å². The van der Waals surface area contributed by atoms with Crippen molar-refractivity contribution in [2.24, 2.45) is 0 Å². The Balaban J connectivity index is 2.21. The van der Waals surface area contributed by atoms with Crippen molar-refractivity contribution in [3.05, 3.63) is 23.8 Å². The molecule has 1 heterocycles. The molecule has 4 nitrogen and oxygen atoms in total. The zero-order valence-corrected chi connectivity index (χ0v) is 8.95. The van der Waals surface area contributed by atoms with Gasteiger partial charge in [-0.15, -0.1) is 0 Å². The molecule has 0 saturated carbocycles. The van der Waals surface area contributed by atoms with Crippen LogP contribution >= 0.6 is 0 Å². The van der Waals surface area contributed by atoms with Crippen molar-refractivity contribution in [3.8, 4) is 5.75 Å². The van der Waals surface area contributed by atoms with E-state index in [1.807, 2.05) is 0 Å². The summed E-state index contributed by atoms with van der Waals surface area (Å²) in [6.45, 7) is -2.40. The Labute approximate surface area is 96.7 Å². The maximum atomic E-state index is 12.1. The van der Waals surface area contributed by atoms with Crippen LogP contribution in [0.1, 0.15) is 17.9 Å². The van der Waals surface area contributed by atoms with Crippen molar-refractivity contribution in [2.45, 2.75) is 19.0 Å². The second-order valence-corrected chi connectivity index (χ2v) is 3.88. The van der Waals surface area contributed by atoms with Crippen LogP contribution in [0.5, 0.6) is 5.75 Å². The summed E-state index contributed by atoms with van der Waals surface area (Å²) in [6.07, 6.45) is 0.359. The fourth-order valence-corrected chi connectivity index (χ4v) is 1.84. The van der Waals surface area contributed by atoms with Gasteiger partial charge in [-0.3, -0.25) is 4.79 Å². The molecular formula is C11H12F2N2O2. The van der Waals surface area contributed by atoms with E-state index >= 15 is 0 Å². The van der Waals surface area contributed by atoms with E-state index in [9.17, 15) is 13.6 Å². The Bertz CT molecular complexity index is 437. The average molecular weight is 242 g/mol. The Kier molecular flexibility index (Phi) is 3.12. The topological polar surface area (TPSA) is 64.3 Å². The molecule has 0 bridgehead atoms. The molecule has 0 aromatic heterocycles. The van der Waals surface area contributed by atoms with Crippen LogP contribution in [0, 0.1) is 0 Å². The number of nitrogens with one attached hydrogen (secondary N) is 1. The summed E-state index contributed by atoms with van der Waals surface area (Å²) in [5.74, 6) is -0.0943. The van der Waals surface area contributed by atoms with Gasteiger partial charge in [0.25, 0.3) is 0 Å². The minimum absolute atomic E-state index is 0.0110. The second-order valence-electron chi connectivity index (χ2n) is 3.88. The number of ether oxygens (including phenoxy) is 1. The summed E-state index contributed by atoms with van der Waals surface area (Å²) in [5, 5.41) is 2.68. The van der Waals surface area contributed by atoms with Gasteiger partial charge >= 0.3 is 6.61 Å². The Morgan fingerprint density at radius 1 is 1.47 bits per heavy atom. The monoisotopic (exact) mass is 242 g/mol. The lowest BCUT2D eigenvalue weighted by Gasteiger charge is -2.12. The highest BCUT2D eigenvalue weighted by Crippen LogP contribution is 2.30. The van der Waals surface area contributed by atoms with E-state index in [0.717, 1.165) is 5.56 Å². The standard InChI is InChI=1S/C11H12F2N2O2/c12-11(13)17-9-3-6(1-2-8(9)14)7-4-10(16)15-5-7/h1-3,7,11H,4-5,14H2,(H,15,16)/t7-/m0/s1. The molecule has 6 heteroatoms. The molecule has 17 heavy (non-hydrogen) atoms. The van der Waals surface area contributed by atoms with Gasteiger partial charge in [0.1, 0.15) is 5.75 Å². The molecule has 1 aliphatic heterocycles. The molecule has 1 atom stereocenters. The van der Waals surface area contributed by atoms with Crippen LogP contribution in [-0.2, 0) is 4.79 Å². The molecule has 92 valence electrons. The number of nitrogens with two attached hydrogens (primary N) is 1. The van der Waals surface area contributed by atoms with E-state index in [4.69, 9.17) is 5.73 Å². The number of anilines is 1. The highest BCUT2D eigenvalue weighted by molar-refractivity contribution is 5.79. The van der Waals surface area contributed by atoms with Crippen molar-refractivity contribution in [2.75, 3.05) is 12.3 Å². The van der Waals surface area contributed by atoms with Gasteiger partial charge < -0.3 is 15.8 Å². The lowest BCUT2D eigenvalue weighted by molar-refractivity contribution is -0.119. The summed E-state index contributed by atoms with van der Waals surface area (Å²) in [4.78, 5) is 11.1. The first kappa shape index (κ1) is 11.6. The molecular weight excluding hydrogens is 230 g/mol. The third-order valence-corrected chi connectivity index (χ3v) is 2.70. The van der Waals surface area contributed by atoms with E-state index < -0.39 is 6.61 Å². The van der Waals surface area contributed by atoms with Crippen molar-refractivity contribution >= 4 is 11.6 Å². The first-order valence-electron chi connectivity index (χ1n) is 5.17. The molecule has 0 aliphatic carbocycles. The molecule has 1 aromatic carbocycles. The van der Waals surface area contributed by atoms with Crippen molar-refractivity contribution < 1.29 is 18.3 Å². The summed E-state index contributed by atoms with van der Waals surface area (Å²) in [5.41, 5.74) is 6.45. The van der Waals surface area contributed by atoms with Crippen LogP contribution < -0.4 is 15.8 Å². The Hall–Kier alpha value is -1.85. The van der Waals surface area contributed by atoms with Gasteiger partial charge in [0.15, 0.2) is 0 Å². The molecule has 1 aliphatic rings. The lowest BCUT2D eigenvalue weighted by Crippen LogP contribution is -2.13. The van der Waals surface area contributed by atoms with Crippen LogP contribution in [0.2, 0.25) is 0 Å². The quantitative estimate of drug-likeness (QED) is 0.789. The van der Waals surface area contributed by atoms with Gasteiger partial charge in [-0.05, 0) is 17.7 Å². The number of halogens is 2. The van der Waals surface area contributed by atoms with E-state index in [1.165, 1.54) is 12.1 Å². The number of hydrogen-bond acceptors (Lipinski definition) is 3. The maximum Gasteiger partial charge on any atom is 0.387 e. The smallest absolute Gasteiger partial charge is 0.387 e. The summed E-state index contributed by atoms with van der Waals surface area (Å²) >= 11 is 0. The molecule has 3 N–H and O–H groups in total. The van der Waals surface area contributed by atoms with Crippen LogP contribution in [0.15, 0.2) is 18.2 Å². The van der Waals surface area contributed by atoms with Gasteiger partial charge in [0, 0.05) is 18.9 Å². The van der Waals surface area contributed by atoms with Gasteiger partial charge in [0.2, 0.25) is 5.91 Å². The van der Waals surface area contributed by atoms with Gasteiger partial charge in [-0.25, -0.2) is 0 Å². The first-order valence-corrected chi connectivity index (χ1v) is 5.17. The highest BCUT2D eigenvalue weighted by Gasteiger charge is 2.23. The normalized spacial score (nSPS) is 19.5. The van der Waals surface area contributed by atoms with E-state index in [0.29, 0.717) is 13.0 Å². The van der Waals surface area contributed by atoms with Crippen LogP contribution in [0.3, 0.4) is 0 Å². The molecule has 0 unspecified atom stereocenters. The van der Waals surface area contributed by atoms with E-state index in [1.54, 1.807) is 6.07 Å². The SMILES string of the molecule is Nc1ccc([C@@H]2CNC(=O)C2)cc1OC(F)F. The van der Waals surface area contributed by atoms with Gasteiger partial charge in [-0.2, -0.15) is 8.78 Å². The highest BCUT2D eigenvalue weighted by atomic mass is 19.3. The van der Waals surface area contributed by atoms with Gasteiger partial charge in [0.05, 0.1) is 5.69 Å². The third kappa shape index (κ3) is 2.64. The number of nitrogen functional groups attached to an aromatic ring is 1. The first-order chi connectivity index (χ1) is 8.06. The number of benzene rings is 1. The maximum absolute atomic E-state index is 12.1. The fourth-order valence-electron chi connectivity index (χ4n) is 1.84. The van der Waals surface area contributed by atoms with Crippen molar-refractivity contribution in [1.29, 1.82) is 0 Å². The Morgan fingerprint density at radius 2 is 2.24 bits per heavy atom. The van der Waals surface area contributed by atoms with Crippen molar-refractivity contribution in [1.82, 2.24) is 5.32 Å². The number of rotatable bonds is 3. The molecule has 1 saturated heterocycles. The summed E-state index contributed by atoms with van der Waals surface area (Å²) in [7, 11) is 0. The number of carbonyl (C=O) groups is 1. The van der Waals surface area contributed by atoms with Gasteiger partial charge in [-0.1, -0.05) is 6.07 Å².